The zero-order valence-electron chi connectivity index (χ0n) is 12.4. The normalized spacial score (nSPS) is 12.2. The van der Waals surface area contributed by atoms with Gasteiger partial charge in [0.25, 0.3) is 0 Å². The summed E-state index contributed by atoms with van der Waals surface area (Å²) in [6.45, 7) is 7.08. The molecular weight excluding hydrogens is 274 g/mol. The van der Waals surface area contributed by atoms with E-state index >= 15 is 0 Å². The van der Waals surface area contributed by atoms with E-state index in [1.54, 1.807) is 24.2 Å². The van der Waals surface area contributed by atoms with Gasteiger partial charge in [0.05, 0.1) is 6.61 Å². The van der Waals surface area contributed by atoms with Crippen LogP contribution in [0.2, 0.25) is 0 Å². The second-order valence-corrected chi connectivity index (χ2v) is 5.50. The number of aromatic nitrogens is 2. The molecule has 0 bridgehead atoms. The maximum Gasteiger partial charge on any atom is 0.323 e. The third kappa shape index (κ3) is 6.34. The molecule has 0 saturated heterocycles. The van der Waals surface area contributed by atoms with Crippen LogP contribution in [-0.2, 0) is 9.53 Å². The maximum absolute atomic E-state index is 11.8. The lowest BCUT2D eigenvalue weighted by Gasteiger charge is -2.16. The van der Waals surface area contributed by atoms with Crippen LogP contribution in [0.5, 0.6) is 0 Å². The van der Waals surface area contributed by atoms with E-state index in [-0.39, 0.29) is 12.0 Å². The number of carbonyl (C=O) groups is 1. The number of esters is 1. The van der Waals surface area contributed by atoms with E-state index in [0.717, 1.165) is 29.4 Å². The molecule has 5 nitrogen and oxygen atoms in total. The van der Waals surface area contributed by atoms with Gasteiger partial charge in [-0.05, 0) is 38.8 Å². The molecule has 0 amide bonds. The maximum atomic E-state index is 11.8. The zero-order valence-corrected chi connectivity index (χ0v) is 13.2. The number of hydrogen-bond acceptors (Lipinski definition) is 6. The molecule has 1 aromatic rings. The molecule has 1 atom stereocenters. The van der Waals surface area contributed by atoms with Crippen molar-refractivity contribution in [3.05, 3.63) is 18.0 Å². The van der Waals surface area contributed by atoms with E-state index < -0.39 is 0 Å². The molecule has 1 unspecified atom stereocenters. The molecule has 20 heavy (non-hydrogen) atoms. The minimum Gasteiger partial charge on any atom is -0.465 e. The van der Waals surface area contributed by atoms with Crippen LogP contribution >= 0.6 is 11.8 Å². The van der Waals surface area contributed by atoms with Gasteiger partial charge in [0.1, 0.15) is 6.04 Å². The van der Waals surface area contributed by atoms with Crippen molar-refractivity contribution in [2.45, 2.75) is 44.8 Å². The van der Waals surface area contributed by atoms with Crippen molar-refractivity contribution in [3.8, 4) is 0 Å². The van der Waals surface area contributed by atoms with Gasteiger partial charge in [-0.2, -0.15) is 0 Å². The van der Waals surface area contributed by atoms with Crippen molar-refractivity contribution in [2.75, 3.05) is 18.9 Å². The smallest absolute Gasteiger partial charge is 0.323 e. The minimum absolute atomic E-state index is 0.175. The number of nitrogens with one attached hydrogen (secondary N) is 1. The van der Waals surface area contributed by atoms with E-state index in [9.17, 15) is 4.79 Å². The first-order chi connectivity index (χ1) is 9.67. The predicted octanol–water partition coefficient (Wildman–Crippen LogP) is 2.20. The highest BCUT2D eigenvalue weighted by molar-refractivity contribution is 7.99. The molecule has 6 heteroatoms. The van der Waals surface area contributed by atoms with Gasteiger partial charge < -0.3 is 10.1 Å². The van der Waals surface area contributed by atoms with Crippen molar-refractivity contribution >= 4 is 17.7 Å². The van der Waals surface area contributed by atoms with Crippen molar-refractivity contribution in [2.24, 2.45) is 0 Å². The van der Waals surface area contributed by atoms with Crippen LogP contribution in [0.1, 0.15) is 32.3 Å². The first-order valence-corrected chi connectivity index (χ1v) is 7.97. The number of nitrogens with zero attached hydrogens (tertiary/aromatic N) is 2. The molecule has 1 heterocycles. The summed E-state index contributed by atoms with van der Waals surface area (Å²) in [4.78, 5) is 20.3. The second kappa shape index (κ2) is 9.72. The second-order valence-electron chi connectivity index (χ2n) is 4.44. The predicted molar refractivity (Wildman–Crippen MR) is 80.8 cm³/mol. The Hall–Kier alpha value is -1.14. The van der Waals surface area contributed by atoms with Gasteiger partial charge >= 0.3 is 5.97 Å². The number of aryl methyl sites for hydroxylation is 1. The van der Waals surface area contributed by atoms with Crippen molar-refractivity contribution in [1.82, 2.24) is 15.3 Å². The molecule has 1 aromatic heterocycles. The quantitative estimate of drug-likeness (QED) is 0.428. The van der Waals surface area contributed by atoms with Crippen LogP contribution in [0.4, 0.5) is 0 Å². The third-order valence-electron chi connectivity index (χ3n) is 2.61. The van der Waals surface area contributed by atoms with Crippen molar-refractivity contribution in [1.29, 1.82) is 0 Å². The lowest BCUT2D eigenvalue weighted by Crippen LogP contribution is -2.39. The lowest BCUT2D eigenvalue weighted by molar-refractivity contribution is -0.145. The summed E-state index contributed by atoms with van der Waals surface area (Å²) in [7, 11) is 0. The Morgan fingerprint density at radius 2 is 2.10 bits per heavy atom. The summed E-state index contributed by atoms with van der Waals surface area (Å²) in [6.07, 6.45) is 5.30. The van der Waals surface area contributed by atoms with Gasteiger partial charge in [0.2, 0.25) is 0 Å². The Morgan fingerprint density at radius 3 is 2.70 bits per heavy atom. The zero-order chi connectivity index (χ0) is 14.8. The van der Waals surface area contributed by atoms with Crippen molar-refractivity contribution < 1.29 is 9.53 Å². The highest BCUT2D eigenvalue weighted by atomic mass is 32.2. The summed E-state index contributed by atoms with van der Waals surface area (Å²) in [5.74, 6) is 0.606. The van der Waals surface area contributed by atoms with Gasteiger partial charge in [-0.15, -0.1) is 0 Å². The van der Waals surface area contributed by atoms with Gasteiger partial charge in [-0.3, -0.25) is 4.79 Å². The fourth-order valence-electron chi connectivity index (χ4n) is 1.59. The fourth-order valence-corrected chi connectivity index (χ4v) is 2.38. The van der Waals surface area contributed by atoms with E-state index in [4.69, 9.17) is 4.74 Å². The SMILES string of the molecule is CCCNC(CCSc1ncc(C)cn1)C(=O)OCC. The highest BCUT2D eigenvalue weighted by Crippen LogP contribution is 2.14. The Kier molecular flexibility index (Phi) is 8.22. The Balaban J connectivity index is 2.40. The summed E-state index contributed by atoms with van der Waals surface area (Å²) in [5.41, 5.74) is 1.04. The average molecular weight is 297 g/mol. The summed E-state index contributed by atoms with van der Waals surface area (Å²) < 4.78 is 5.08. The van der Waals surface area contributed by atoms with Crippen LogP contribution in [0.15, 0.2) is 17.6 Å². The van der Waals surface area contributed by atoms with Gasteiger partial charge in [0, 0.05) is 18.1 Å². The number of thioether (sulfide) groups is 1. The van der Waals surface area contributed by atoms with E-state index in [1.807, 2.05) is 13.8 Å². The standard InChI is InChI=1S/C14H23N3O2S/c1-4-7-15-12(13(18)19-5-2)6-8-20-14-16-9-11(3)10-17-14/h9-10,12,15H,4-8H2,1-3H3. The average Bonchev–Trinajstić information content (AvgIpc) is 2.44. The molecule has 0 aliphatic carbocycles. The number of rotatable bonds is 9. The molecule has 0 aliphatic heterocycles. The van der Waals surface area contributed by atoms with Crippen molar-refractivity contribution in [3.63, 3.8) is 0 Å². The topological polar surface area (TPSA) is 64.1 Å². The monoisotopic (exact) mass is 297 g/mol. The summed E-state index contributed by atoms with van der Waals surface area (Å²) >= 11 is 1.56. The van der Waals surface area contributed by atoms with Crippen LogP contribution in [0.25, 0.3) is 0 Å². The molecule has 0 spiro atoms. The number of carbonyl (C=O) groups excluding carboxylic acids is 1. The molecular formula is C14H23N3O2S. The minimum atomic E-state index is -0.243. The number of hydrogen-bond donors (Lipinski definition) is 1. The molecule has 0 saturated carbocycles. The van der Waals surface area contributed by atoms with Gasteiger partial charge in [-0.1, -0.05) is 18.7 Å². The molecule has 1 rings (SSSR count). The fraction of sp³-hybridized carbons (Fsp3) is 0.643. The Labute approximate surface area is 124 Å². The van der Waals surface area contributed by atoms with Crippen LogP contribution in [0, 0.1) is 6.92 Å². The summed E-state index contributed by atoms with van der Waals surface area (Å²) in [5, 5.41) is 3.96. The van der Waals surface area contributed by atoms with Crippen LogP contribution in [-0.4, -0.2) is 40.9 Å². The Bertz CT molecular complexity index is 398. The van der Waals surface area contributed by atoms with Crippen LogP contribution < -0.4 is 5.32 Å². The first-order valence-electron chi connectivity index (χ1n) is 6.98. The third-order valence-corrected chi connectivity index (χ3v) is 3.52. The van der Waals surface area contributed by atoms with E-state index in [0.29, 0.717) is 13.0 Å². The Morgan fingerprint density at radius 1 is 1.40 bits per heavy atom. The molecule has 0 radical (unpaired) electrons. The van der Waals surface area contributed by atoms with E-state index in [1.165, 1.54) is 0 Å². The molecule has 0 aliphatic rings. The molecule has 112 valence electrons. The number of ether oxygens (including phenoxy) is 1. The first kappa shape index (κ1) is 16.9. The highest BCUT2D eigenvalue weighted by Gasteiger charge is 2.18. The largest absolute Gasteiger partial charge is 0.465 e. The molecule has 0 aromatic carbocycles. The summed E-state index contributed by atoms with van der Waals surface area (Å²) in [6, 6.07) is -0.243. The molecule has 0 fully saturated rings. The van der Waals surface area contributed by atoms with Gasteiger partial charge in [0.15, 0.2) is 5.16 Å². The molecule has 1 N–H and O–H groups in total. The van der Waals surface area contributed by atoms with Crippen LogP contribution in [0.3, 0.4) is 0 Å². The van der Waals surface area contributed by atoms with E-state index in [2.05, 4.69) is 22.2 Å². The lowest BCUT2D eigenvalue weighted by atomic mass is 10.2. The van der Waals surface area contributed by atoms with Gasteiger partial charge in [-0.25, -0.2) is 9.97 Å².